The summed E-state index contributed by atoms with van der Waals surface area (Å²) in [6.07, 6.45) is -1.57. The summed E-state index contributed by atoms with van der Waals surface area (Å²) < 4.78 is 67.4. The van der Waals surface area contributed by atoms with Gasteiger partial charge in [0.15, 0.2) is 0 Å². The van der Waals surface area contributed by atoms with E-state index in [1.165, 1.54) is 4.31 Å². The van der Waals surface area contributed by atoms with Crippen molar-refractivity contribution < 1.29 is 31.1 Å². The smallest absolute Gasteiger partial charge is 0.371 e. The molecule has 0 atom stereocenters. The molecule has 35 heavy (non-hydrogen) atoms. The number of halogens is 3. The van der Waals surface area contributed by atoms with Crippen LogP contribution in [0.4, 0.5) is 13.2 Å². The van der Waals surface area contributed by atoms with Gasteiger partial charge in [0.25, 0.3) is 5.91 Å². The van der Waals surface area contributed by atoms with Crippen molar-refractivity contribution in [3.05, 3.63) is 59.8 Å². The van der Waals surface area contributed by atoms with Crippen molar-refractivity contribution in [3.8, 4) is 11.1 Å². The Hall–Kier alpha value is -2.89. The van der Waals surface area contributed by atoms with Gasteiger partial charge in [-0.05, 0) is 47.6 Å². The van der Waals surface area contributed by atoms with E-state index >= 15 is 0 Å². The molecule has 0 bridgehead atoms. The maximum Gasteiger partial charge on any atom is 0.411 e. The van der Waals surface area contributed by atoms with Gasteiger partial charge in [-0.3, -0.25) is 4.79 Å². The highest BCUT2D eigenvalue weighted by Crippen LogP contribution is 2.37. The predicted molar refractivity (Wildman–Crippen MR) is 126 cm³/mol. The topological polar surface area (TPSA) is 105 Å². The summed E-state index contributed by atoms with van der Waals surface area (Å²) in [5.41, 5.74) is 9.45. The summed E-state index contributed by atoms with van der Waals surface area (Å²) in [7, 11) is -3.72. The molecule has 0 spiro atoms. The molecular formula is C24H26F3N3O4S. The van der Waals surface area contributed by atoms with E-state index in [0.29, 0.717) is 23.9 Å². The number of fused-ring (bicyclic) bond motifs is 1. The maximum absolute atomic E-state index is 12.5. The zero-order chi connectivity index (χ0) is 25.2. The van der Waals surface area contributed by atoms with Gasteiger partial charge in [-0.1, -0.05) is 30.3 Å². The minimum Gasteiger partial charge on any atom is -0.371 e. The number of carbonyl (C=O) groups excluding carboxylic acids is 1. The van der Waals surface area contributed by atoms with Crippen LogP contribution in [0.2, 0.25) is 0 Å². The van der Waals surface area contributed by atoms with Crippen molar-refractivity contribution >= 4 is 26.8 Å². The Labute approximate surface area is 201 Å². The molecule has 1 fully saturated rings. The normalized spacial score (nSPS) is 16.1. The van der Waals surface area contributed by atoms with E-state index in [1.54, 1.807) is 6.07 Å². The number of primary amides is 1. The van der Waals surface area contributed by atoms with Gasteiger partial charge in [0, 0.05) is 24.7 Å². The van der Waals surface area contributed by atoms with E-state index in [4.69, 9.17) is 5.73 Å². The molecule has 1 aromatic heterocycles. The van der Waals surface area contributed by atoms with Crippen molar-refractivity contribution in [1.29, 1.82) is 0 Å². The second-order valence-electron chi connectivity index (χ2n) is 8.58. The fourth-order valence-corrected chi connectivity index (χ4v) is 5.86. The molecule has 3 aromatic rings. The van der Waals surface area contributed by atoms with E-state index in [1.807, 2.05) is 42.6 Å². The molecule has 3 N–H and O–H groups in total. The Bertz CT molecular complexity index is 1300. The largest absolute Gasteiger partial charge is 0.411 e. The summed E-state index contributed by atoms with van der Waals surface area (Å²) >= 11 is 0. The minimum absolute atomic E-state index is 0.0448. The SMILES string of the molecule is NC(=O)c1cc(-c2ccccc2)cc2c(C3CCN(S(=O)(=O)CCOCC(F)(F)F)CC3)c[nH]c12. The number of aromatic amines is 1. The Kier molecular flexibility index (Phi) is 7.20. The number of amides is 1. The number of nitrogens with one attached hydrogen (secondary N) is 1. The van der Waals surface area contributed by atoms with Gasteiger partial charge >= 0.3 is 6.18 Å². The highest BCUT2D eigenvalue weighted by Gasteiger charge is 2.31. The third-order valence-electron chi connectivity index (χ3n) is 6.23. The summed E-state index contributed by atoms with van der Waals surface area (Å²) in [5, 5.41) is 0.863. The zero-order valence-electron chi connectivity index (χ0n) is 18.8. The van der Waals surface area contributed by atoms with E-state index in [-0.39, 0.29) is 19.0 Å². The molecule has 1 amide bonds. The van der Waals surface area contributed by atoms with Crippen LogP contribution in [-0.4, -0.2) is 61.8 Å². The molecule has 0 unspecified atom stereocenters. The number of H-pyrrole nitrogens is 1. The average Bonchev–Trinajstić information content (AvgIpc) is 3.25. The van der Waals surface area contributed by atoms with Gasteiger partial charge in [0.1, 0.15) is 6.61 Å². The summed E-state index contributed by atoms with van der Waals surface area (Å²) in [6, 6.07) is 13.4. The van der Waals surface area contributed by atoms with Crippen LogP contribution in [0.25, 0.3) is 22.0 Å². The molecule has 0 saturated carbocycles. The number of sulfonamides is 1. The molecule has 2 heterocycles. The van der Waals surface area contributed by atoms with Gasteiger partial charge in [0.2, 0.25) is 10.0 Å². The molecule has 1 saturated heterocycles. The molecule has 1 aliphatic heterocycles. The quantitative estimate of drug-likeness (QED) is 0.448. The average molecular weight is 510 g/mol. The number of nitrogens with zero attached hydrogens (tertiary/aromatic N) is 1. The van der Waals surface area contributed by atoms with Crippen LogP contribution in [0.1, 0.15) is 34.7 Å². The Balaban J connectivity index is 1.50. The third kappa shape index (κ3) is 5.85. The van der Waals surface area contributed by atoms with E-state index < -0.39 is 41.1 Å². The van der Waals surface area contributed by atoms with Gasteiger partial charge in [0.05, 0.1) is 23.4 Å². The van der Waals surface area contributed by atoms with Crippen molar-refractivity contribution in [2.45, 2.75) is 24.9 Å². The summed E-state index contributed by atoms with van der Waals surface area (Å²) in [6.45, 7) is -1.48. The van der Waals surface area contributed by atoms with Gasteiger partial charge in [-0.2, -0.15) is 13.2 Å². The summed E-state index contributed by atoms with van der Waals surface area (Å²) in [5.74, 6) is -0.998. The number of rotatable bonds is 8. The van der Waals surface area contributed by atoms with Crippen LogP contribution in [-0.2, 0) is 14.8 Å². The molecule has 4 rings (SSSR count). The van der Waals surface area contributed by atoms with E-state index in [9.17, 15) is 26.4 Å². The predicted octanol–water partition coefficient (Wildman–Crippen LogP) is 4.02. The molecular weight excluding hydrogens is 483 g/mol. The number of nitrogens with two attached hydrogens (primary N) is 1. The minimum atomic E-state index is -4.49. The van der Waals surface area contributed by atoms with Crippen LogP contribution in [0.5, 0.6) is 0 Å². The first kappa shape index (κ1) is 25.2. The first-order chi connectivity index (χ1) is 16.5. The van der Waals surface area contributed by atoms with Gasteiger partial charge in [-0.15, -0.1) is 0 Å². The molecule has 1 aliphatic rings. The second kappa shape index (κ2) is 10.00. The fourth-order valence-electron chi connectivity index (χ4n) is 4.51. The van der Waals surface area contributed by atoms with Crippen LogP contribution < -0.4 is 5.73 Å². The van der Waals surface area contributed by atoms with E-state index in [2.05, 4.69) is 9.72 Å². The van der Waals surface area contributed by atoms with Crippen molar-refractivity contribution in [3.63, 3.8) is 0 Å². The number of carbonyl (C=O) groups is 1. The lowest BCUT2D eigenvalue weighted by molar-refractivity contribution is -0.172. The summed E-state index contributed by atoms with van der Waals surface area (Å²) in [4.78, 5) is 15.3. The Morgan fingerprint density at radius 3 is 2.43 bits per heavy atom. The number of aromatic nitrogens is 1. The standard InChI is InChI=1S/C24H26F3N3O4S/c25-24(26,27)15-34-10-11-35(32,33)30-8-6-17(7-9-30)21-14-29-22-19(21)12-18(13-20(22)23(28)31)16-4-2-1-3-5-16/h1-5,12-14,17,29H,6-11,15H2,(H2,28,31). The van der Waals surface area contributed by atoms with Crippen molar-refractivity contribution in [2.75, 3.05) is 32.1 Å². The first-order valence-electron chi connectivity index (χ1n) is 11.2. The first-order valence-corrected chi connectivity index (χ1v) is 12.8. The molecule has 0 aliphatic carbocycles. The molecule has 7 nitrogen and oxygen atoms in total. The maximum atomic E-state index is 12.5. The second-order valence-corrected chi connectivity index (χ2v) is 10.7. The molecule has 0 radical (unpaired) electrons. The molecule has 11 heteroatoms. The highest BCUT2D eigenvalue weighted by atomic mass is 32.2. The fraction of sp³-hybridized carbons (Fsp3) is 0.375. The Morgan fingerprint density at radius 1 is 1.11 bits per heavy atom. The van der Waals surface area contributed by atoms with Crippen LogP contribution in [0.15, 0.2) is 48.7 Å². The zero-order valence-corrected chi connectivity index (χ0v) is 19.7. The molecule has 2 aromatic carbocycles. The van der Waals surface area contributed by atoms with Crippen molar-refractivity contribution in [1.82, 2.24) is 9.29 Å². The number of hydrogen-bond donors (Lipinski definition) is 2. The van der Waals surface area contributed by atoms with Gasteiger partial charge < -0.3 is 15.5 Å². The third-order valence-corrected chi connectivity index (χ3v) is 8.07. The lowest BCUT2D eigenvalue weighted by Gasteiger charge is -2.31. The number of alkyl halides is 3. The van der Waals surface area contributed by atoms with Crippen molar-refractivity contribution in [2.24, 2.45) is 5.73 Å². The number of hydrogen-bond acceptors (Lipinski definition) is 4. The monoisotopic (exact) mass is 509 g/mol. The van der Waals surface area contributed by atoms with Gasteiger partial charge in [-0.25, -0.2) is 12.7 Å². The van der Waals surface area contributed by atoms with E-state index in [0.717, 1.165) is 22.1 Å². The lowest BCUT2D eigenvalue weighted by atomic mass is 9.88. The van der Waals surface area contributed by atoms with Crippen LogP contribution in [0.3, 0.4) is 0 Å². The Morgan fingerprint density at radius 2 is 1.80 bits per heavy atom. The number of benzene rings is 2. The number of piperidine rings is 1. The number of ether oxygens (including phenoxy) is 1. The highest BCUT2D eigenvalue weighted by molar-refractivity contribution is 7.89. The lowest BCUT2D eigenvalue weighted by Crippen LogP contribution is -2.40. The molecule has 188 valence electrons. The van der Waals surface area contributed by atoms with Crippen LogP contribution >= 0.6 is 0 Å². The van der Waals surface area contributed by atoms with Crippen LogP contribution in [0, 0.1) is 0 Å².